The minimum Gasteiger partial charge on any atom is -0.475 e. The number of amides is 1. The Morgan fingerprint density at radius 1 is 1.00 bits per heavy atom. The predicted molar refractivity (Wildman–Crippen MR) is 101 cm³/mol. The average Bonchev–Trinajstić information content (AvgIpc) is 2.68. The van der Waals surface area contributed by atoms with Crippen LogP contribution in [-0.4, -0.2) is 29.3 Å². The minimum atomic E-state index is -0.301. The standard InChI is InChI=1S/C20H17ClFN3O2/c21-16-5-1-14(2-6-16)13-19(26)23-11-12-27-20-10-9-18(24-25-20)15-3-7-17(22)8-4-15/h1-10H,11-13H2,(H,23,26). The van der Waals surface area contributed by atoms with Crippen LogP contribution in [0.25, 0.3) is 11.3 Å². The Morgan fingerprint density at radius 3 is 2.41 bits per heavy atom. The fourth-order valence-corrected chi connectivity index (χ4v) is 2.49. The molecule has 0 unspecified atom stereocenters. The number of carbonyl (C=O) groups is 1. The predicted octanol–water partition coefficient (Wildman–Crippen LogP) is 3.67. The van der Waals surface area contributed by atoms with E-state index < -0.39 is 0 Å². The van der Waals surface area contributed by atoms with Crippen molar-refractivity contribution >= 4 is 17.5 Å². The van der Waals surface area contributed by atoms with Gasteiger partial charge in [0.15, 0.2) is 0 Å². The molecule has 0 fully saturated rings. The number of carbonyl (C=O) groups excluding carboxylic acids is 1. The Balaban J connectivity index is 1.41. The van der Waals surface area contributed by atoms with Gasteiger partial charge in [0, 0.05) is 16.7 Å². The van der Waals surface area contributed by atoms with Gasteiger partial charge in [-0.3, -0.25) is 4.79 Å². The molecule has 1 N–H and O–H groups in total. The van der Waals surface area contributed by atoms with Gasteiger partial charge >= 0.3 is 0 Å². The van der Waals surface area contributed by atoms with Crippen molar-refractivity contribution in [3.8, 4) is 17.1 Å². The lowest BCUT2D eigenvalue weighted by Gasteiger charge is -2.07. The Morgan fingerprint density at radius 2 is 1.74 bits per heavy atom. The number of nitrogens with zero attached hydrogens (tertiary/aromatic N) is 2. The lowest BCUT2D eigenvalue weighted by Crippen LogP contribution is -2.29. The van der Waals surface area contributed by atoms with Gasteiger partial charge in [0.2, 0.25) is 11.8 Å². The van der Waals surface area contributed by atoms with Gasteiger partial charge < -0.3 is 10.1 Å². The van der Waals surface area contributed by atoms with Crippen molar-refractivity contribution in [3.05, 3.63) is 77.1 Å². The molecule has 1 heterocycles. The van der Waals surface area contributed by atoms with Crippen molar-refractivity contribution < 1.29 is 13.9 Å². The van der Waals surface area contributed by atoms with Crippen LogP contribution in [0.5, 0.6) is 5.88 Å². The number of rotatable bonds is 7. The summed E-state index contributed by atoms with van der Waals surface area (Å²) in [6, 6.07) is 16.6. The van der Waals surface area contributed by atoms with Crippen LogP contribution >= 0.6 is 11.6 Å². The fraction of sp³-hybridized carbons (Fsp3) is 0.150. The topological polar surface area (TPSA) is 64.1 Å². The number of aromatic nitrogens is 2. The molecule has 0 spiro atoms. The van der Waals surface area contributed by atoms with Gasteiger partial charge in [-0.2, -0.15) is 0 Å². The van der Waals surface area contributed by atoms with E-state index in [4.69, 9.17) is 16.3 Å². The summed E-state index contributed by atoms with van der Waals surface area (Å²) in [5.74, 6) is -0.0451. The van der Waals surface area contributed by atoms with Gasteiger partial charge in [-0.15, -0.1) is 10.2 Å². The first-order valence-electron chi connectivity index (χ1n) is 8.34. The molecule has 3 rings (SSSR count). The third-order valence-electron chi connectivity index (χ3n) is 3.73. The van der Waals surface area contributed by atoms with Gasteiger partial charge in [0.1, 0.15) is 12.4 Å². The van der Waals surface area contributed by atoms with Gasteiger partial charge in [0.05, 0.1) is 18.7 Å². The van der Waals surface area contributed by atoms with Gasteiger partial charge in [-0.1, -0.05) is 23.7 Å². The molecule has 0 radical (unpaired) electrons. The first kappa shape index (κ1) is 18.8. The molecule has 0 saturated carbocycles. The largest absolute Gasteiger partial charge is 0.475 e. The first-order chi connectivity index (χ1) is 13.1. The van der Waals surface area contributed by atoms with E-state index in [-0.39, 0.29) is 24.8 Å². The summed E-state index contributed by atoms with van der Waals surface area (Å²) in [6.07, 6.45) is 0.281. The number of hydrogen-bond acceptors (Lipinski definition) is 4. The van der Waals surface area contributed by atoms with Crippen LogP contribution in [-0.2, 0) is 11.2 Å². The van der Waals surface area contributed by atoms with Crippen molar-refractivity contribution in [3.63, 3.8) is 0 Å². The molecule has 0 aliphatic carbocycles. The first-order valence-corrected chi connectivity index (χ1v) is 8.71. The number of benzene rings is 2. The average molecular weight is 386 g/mol. The molecule has 0 atom stereocenters. The smallest absolute Gasteiger partial charge is 0.233 e. The number of nitrogens with one attached hydrogen (secondary N) is 1. The van der Waals surface area contributed by atoms with E-state index in [2.05, 4.69) is 15.5 Å². The Hall–Kier alpha value is -2.99. The van der Waals surface area contributed by atoms with Crippen molar-refractivity contribution in [1.82, 2.24) is 15.5 Å². The van der Waals surface area contributed by atoms with Crippen LogP contribution in [0, 0.1) is 5.82 Å². The zero-order chi connectivity index (χ0) is 19.1. The maximum atomic E-state index is 12.9. The number of halogens is 2. The monoisotopic (exact) mass is 385 g/mol. The fourth-order valence-electron chi connectivity index (χ4n) is 2.37. The van der Waals surface area contributed by atoms with Gasteiger partial charge in [-0.05, 0) is 48.0 Å². The van der Waals surface area contributed by atoms with Crippen LogP contribution in [0.3, 0.4) is 0 Å². The van der Waals surface area contributed by atoms with Crippen LogP contribution in [0.4, 0.5) is 4.39 Å². The molecular weight excluding hydrogens is 369 g/mol. The summed E-state index contributed by atoms with van der Waals surface area (Å²) in [6.45, 7) is 0.630. The van der Waals surface area contributed by atoms with E-state index in [1.165, 1.54) is 12.1 Å². The Bertz CT molecular complexity index is 885. The molecule has 1 aromatic heterocycles. The van der Waals surface area contributed by atoms with Gasteiger partial charge in [-0.25, -0.2) is 4.39 Å². The highest BCUT2D eigenvalue weighted by Gasteiger charge is 2.05. The van der Waals surface area contributed by atoms with E-state index in [1.807, 2.05) is 12.1 Å². The zero-order valence-electron chi connectivity index (χ0n) is 14.4. The number of hydrogen-bond donors (Lipinski definition) is 1. The second kappa shape index (κ2) is 9.09. The molecule has 0 aliphatic heterocycles. The van der Waals surface area contributed by atoms with Crippen molar-refractivity contribution in [2.24, 2.45) is 0 Å². The Labute approximate surface area is 161 Å². The Kier molecular flexibility index (Phi) is 6.33. The highest BCUT2D eigenvalue weighted by Crippen LogP contribution is 2.18. The molecule has 27 heavy (non-hydrogen) atoms. The quantitative estimate of drug-likeness (QED) is 0.630. The third-order valence-corrected chi connectivity index (χ3v) is 3.98. The SMILES string of the molecule is O=C(Cc1ccc(Cl)cc1)NCCOc1ccc(-c2ccc(F)cc2)nn1. The van der Waals surface area contributed by atoms with Crippen molar-refractivity contribution in [2.75, 3.05) is 13.2 Å². The summed E-state index contributed by atoms with van der Waals surface area (Å²) in [4.78, 5) is 11.9. The van der Waals surface area contributed by atoms with Crippen LogP contribution in [0.15, 0.2) is 60.7 Å². The van der Waals surface area contributed by atoms with Crippen LogP contribution in [0.1, 0.15) is 5.56 Å². The van der Waals surface area contributed by atoms with Gasteiger partial charge in [0.25, 0.3) is 0 Å². The number of ether oxygens (including phenoxy) is 1. The molecular formula is C20H17ClFN3O2. The van der Waals surface area contributed by atoms with Crippen molar-refractivity contribution in [2.45, 2.75) is 6.42 Å². The molecule has 3 aromatic rings. The maximum absolute atomic E-state index is 12.9. The minimum absolute atomic E-state index is 0.0985. The zero-order valence-corrected chi connectivity index (χ0v) is 15.1. The van der Waals surface area contributed by atoms with Crippen molar-refractivity contribution in [1.29, 1.82) is 0 Å². The lowest BCUT2D eigenvalue weighted by atomic mass is 10.1. The lowest BCUT2D eigenvalue weighted by molar-refractivity contribution is -0.120. The second-order valence-corrected chi connectivity index (χ2v) is 6.20. The molecule has 2 aromatic carbocycles. The molecule has 138 valence electrons. The van der Waals surface area contributed by atoms with E-state index in [9.17, 15) is 9.18 Å². The molecule has 0 bridgehead atoms. The molecule has 0 aliphatic rings. The van der Waals surface area contributed by atoms with E-state index >= 15 is 0 Å². The summed E-state index contributed by atoms with van der Waals surface area (Å²) in [7, 11) is 0. The van der Waals surface area contributed by atoms with Crippen LogP contribution in [0.2, 0.25) is 5.02 Å². The molecule has 1 amide bonds. The van der Waals surface area contributed by atoms with E-state index in [0.717, 1.165) is 11.1 Å². The van der Waals surface area contributed by atoms with E-state index in [1.54, 1.807) is 36.4 Å². The molecule has 7 heteroatoms. The maximum Gasteiger partial charge on any atom is 0.233 e. The summed E-state index contributed by atoms with van der Waals surface area (Å²) in [5, 5.41) is 11.5. The third kappa shape index (κ3) is 5.76. The summed E-state index contributed by atoms with van der Waals surface area (Å²) < 4.78 is 18.4. The molecule has 0 saturated heterocycles. The highest BCUT2D eigenvalue weighted by molar-refractivity contribution is 6.30. The second-order valence-electron chi connectivity index (χ2n) is 5.77. The molecule has 5 nitrogen and oxygen atoms in total. The van der Waals surface area contributed by atoms with E-state index in [0.29, 0.717) is 23.1 Å². The highest BCUT2D eigenvalue weighted by atomic mass is 35.5. The summed E-state index contributed by atoms with van der Waals surface area (Å²) >= 11 is 5.82. The van der Waals surface area contributed by atoms with Crippen LogP contribution < -0.4 is 10.1 Å². The normalized spacial score (nSPS) is 10.4. The summed E-state index contributed by atoms with van der Waals surface area (Å²) in [5.41, 5.74) is 2.28.